The highest BCUT2D eigenvalue weighted by Gasteiger charge is 2.11. The van der Waals surface area contributed by atoms with Crippen molar-refractivity contribution in [1.82, 2.24) is 9.38 Å². The summed E-state index contributed by atoms with van der Waals surface area (Å²) in [5, 5.41) is 8.68. The van der Waals surface area contributed by atoms with Crippen molar-refractivity contribution in [2.24, 2.45) is 0 Å². The third-order valence-corrected chi connectivity index (χ3v) is 5.34. The van der Waals surface area contributed by atoms with Crippen molar-refractivity contribution >= 4 is 55.3 Å². The van der Waals surface area contributed by atoms with E-state index >= 15 is 0 Å². The third-order valence-electron chi connectivity index (χ3n) is 3.75. The normalized spacial score (nSPS) is 12.1. The maximum absolute atomic E-state index is 12.7. The molecule has 0 radical (unpaired) electrons. The van der Waals surface area contributed by atoms with Gasteiger partial charge < -0.3 is 9.84 Å². The molecule has 0 aliphatic carbocycles. The Balaban J connectivity index is 1.76. The summed E-state index contributed by atoms with van der Waals surface area (Å²) in [7, 11) is 0. The minimum absolute atomic E-state index is 0.110. The van der Waals surface area contributed by atoms with E-state index < -0.39 is 12.6 Å². The molecule has 1 N–H and O–H groups in total. The third kappa shape index (κ3) is 2.97. The summed E-state index contributed by atoms with van der Waals surface area (Å²) >= 11 is 4.69. The molecule has 0 unspecified atom stereocenters. The molecule has 0 saturated carbocycles. The number of ether oxygens (including phenoxy) is 1. The molecule has 0 amide bonds. The van der Waals surface area contributed by atoms with Gasteiger partial charge in [-0.15, -0.1) is 0 Å². The Hall–Kier alpha value is -2.71. The van der Waals surface area contributed by atoms with Crippen LogP contribution >= 0.6 is 27.3 Å². The van der Waals surface area contributed by atoms with Crippen molar-refractivity contribution in [3.05, 3.63) is 67.4 Å². The van der Waals surface area contributed by atoms with E-state index in [4.69, 9.17) is 9.84 Å². The number of rotatable bonds is 4. The highest BCUT2D eigenvalue weighted by molar-refractivity contribution is 9.10. The maximum Gasteiger partial charge on any atom is 0.341 e. The molecule has 4 aromatic rings. The number of imidazole rings is 1. The summed E-state index contributed by atoms with van der Waals surface area (Å²) in [6, 6.07) is 12.7. The summed E-state index contributed by atoms with van der Waals surface area (Å²) in [6.07, 6.45) is 1.78. The molecule has 6 nitrogen and oxygen atoms in total. The smallest absolute Gasteiger partial charge is 0.341 e. The number of para-hydroxylation sites is 2. The van der Waals surface area contributed by atoms with Crippen LogP contribution in [-0.2, 0) is 4.79 Å². The molecule has 0 spiro atoms. The molecular formula is C18H11BrN2O4S. The number of benzene rings is 2. The lowest BCUT2D eigenvalue weighted by atomic mass is 10.2. The second-order valence-corrected chi connectivity index (χ2v) is 7.37. The Morgan fingerprint density at radius 1 is 1.31 bits per heavy atom. The van der Waals surface area contributed by atoms with E-state index in [0.717, 1.165) is 16.6 Å². The van der Waals surface area contributed by atoms with Gasteiger partial charge in [0.2, 0.25) is 0 Å². The SMILES string of the molecule is O=C(O)COc1ccc(/C=c2\sc3nc4ccccc4n3c2=O)cc1Br. The summed E-state index contributed by atoms with van der Waals surface area (Å²) < 4.78 is 7.98. The maximum atomic E-state index is 12.7. The highest BCUT2D eigenvalue weighted by atomic mass is 79.9. The Labute approximate surface area is 159 Å². The zero-order valence-electron chi connectivity index (χ0n) is 13.2. The van der Waals surface area contributed by atoms with E-state index in [-0.39, 0.29) is 5.56 Å². The first-order valence-electron chi connectivity index (χ1n) is 7.59. The van der Waals surface area contributed by atoms with Crippen molar-refractivity contribution < 1.29 is 14.6 Å². The predicted octanol–water partition coefficient (Wildman–Crippen LogP) is 2.68. The molecule has 2 aromatic heterocycles. The van der Waals surface area contributed by atoms with E-state index in [0.29, 0.717) is 19.7 Å². The average molecular weight is 431 g/mol. The van der Waals surface area contributed by atoms with Crippen LogP contribution < -0.4 is 14.8 Å². The van der Waals surface area contributed by atoms with Gasteiger partial charge in [-0.2, -0.15) is 0 Å². The van der Waals surface area contributed by atoms with Crippen molar-refractivity contribution in [2.75, 3.05) is 6.61 Å². The van der Waals surface area contributed by atoms with E-state index in [1.807, 2.05) is 24.3 Å². The predicted molar refractivity (Wildman–Crippen MR) is 103 cm³/mol. The van der Waals surface area contributed by atoms with Crippen LogP contribution in [0.4, 0.5) is 0 Å². The van der Waals surface area contributed by atoms with Gasteiger partial charge in [-0.3, -0.25) is 4.79 Å². The van der Waals surface area contributed by atoms with Crippen LogP contribution in [0, 0.1) is 0 Å². The number of aliphatic carboxylic acids is 1. The minimum atomic E-state index is -1.04. The zero-order chi connectivity index (χ0) is 18.3. The largest absolute Gasteiger partial charge is 0.481 e. The molecule has 0 atom stereocenters. The lowest BCUT2D eigenvalue weighted by molar-refractivity contribution is -0.139. The van der Waals surface area contributed by atoms with Crippen LogP contribution in [-0.4, -0.2) is 27.1 Å². The van der Waals surface area contributed by atoms with Gasteiger partial charge in [0.05, 0.1) is 20.0 Å². The fraction of sp³-hybridized carbons (Fsp3) is 0.0556. The van der Waals surface area contributed by atoms with Gasteiger partial charge in [0, 0.05) is 0 Å². The topological polar surface area (TPSA) is 80.9 Å². The number of hydrogen-bond acceptors (Lipinski definition) is 5. The fourth-order valence-corrected chi connectivity index (χ4v) is 4.12. The Morgan fingerprint density at radius 3 is 2.88 bits per heavy atom. The minimum Gasteiger partial charge on any atom is -0.481 e. The van der Waals surface area contributed by atoms with E-state index in [2.05, 4.69) is 20.9 Å². The number of hydrogen-bond donors (Lipinski definition) is 1. The second-order valence-electron chi connectivity index (χ2n) is 5.51. The van der Waals surface area contributed by atoms with Crippen molar-refractivity contribution in [2.45, 2.75) is 0 Å². The molecule has 130 valence electrons. The molecule has 4 rings (SSSR count). The Morgan fingerprint density at radius 2 is 2.12 bits per heavy atom. The van der Waals surface area contributed by atoms with Crippen LogP contribution in [0.15, 0.2) is 51.7 Å². The van der Waals surface area contributed by atoms with Crippen LogP contribution in [0.1, 0.15) is 5.56 Å². The lowest BCUT2D eigenvalue weighted by Gasteiger charge is -2.06. The summed E-state index contributed by atoms with van der Waals surface area (Å²) in [5.41, 5.74) is 2.28. The molecule has 0 aliphatic heterocycles. The van der Waals surface area contributed by atoms with Gasteiger partial charge in [0.1, 0.15) is 5.75 Å². The Kier molecular flexibility index (Phi) is 4.21. The molecule has 0 fully saturated rings. The van der Waals surface area contributed by atoms with Gasteiger partial charge in [0.15, 0.2) is 11.6 Å². The zero-order valence-corrected chi connectivity index (χ0v) is 15.6. The lowest BCUT2D eigenvalue weighted by Crippen LogP contribution is -2.22. The number of carbonyl (C=O) groups is 1. The Bertz CT molecular complexity index is 1260. The van der Waals surface area contributed by atoms with Gasteiger partial charge in [-0.25, -0.2) is 14.2 Å². The molecule has 2 aromatic carbocycles. The van der Waals surface area contributed by atoms with Crippen molar-refractivity contribution in [3.63, 3.8) is 0 Å². The molecule has 8 heteroatoms. The number of halogens is 1. The number of carboxylic acids is 1. The van der Waals surface area contributed by atoms with Crippen molar-refractivity contribution in [3.8, 4) is 5.75 Å². The molecule has 0 bridgehead atoms. The molecule has 2 heterocycles. The van der Waals surface area contributed by atoms with E-state index in [9.17, 15) is 9.59 Å². The number of carboxylic acid groups (broad SMARTS) is 1. The quantitative estimate of drug-likeness (QED) is 0.538. The van der Waals surface area contributed by atoms with Gasteiger partial charge in [0.25, 0.3) is 5.56 Å². The molecular weight excluding hydrogens is 420 g/mol. The van der Waals surface area contributed by atoms with Crippen LogP contribution in [0.2, 0.25) is 0 Å². The first-order chi connectivity index (χ1) is 12.5. The fourth-order valence-electron chi connectivity index (χ4n) is 2.63. The molecule has 0 saturated heterocycles. The molecule has 0 aliphatic rings. The number of thiazole rings is 1. The first kappa shape index (κ1) is 16.7. The first-order valence-corrected chi connectivity index (χ1v) is 9.20. The summed E-state index contributed by atoms with van der Waals surface area (Å²) in [5.74, 6) is -0.614. The highest BCUT2D eigenvalue weighted by Crippen LogP contribution is 2.26. The number of fused-ring (bicyclic) bond motifs is 3. The van der Waals surface area contributed by atoms with Crippen LogP contribution in [0.3, 0.4) is 0 Å². The van der Waals surface area contributed by atoms with Crippen molar-refractivity contribution in [1.29, 1.82) is 0 Å². The second kappa shape index (κ2) is 6.54. The summed E-state index contributed by atoms with van der Waals surface area (Å²) in [6.45, 7) is -0.415. The number of aromatic nitrogens is 2. The monoisotopic (exact) mass is 430 g/mol. The average Bonchev–Trinajstić information content (AvgIpc) is 3.11. The van der Waals surface area contributed by atoms with E-state index in [1.54, 1.807) is 28.7 Å². The van der Waals surface area contributed by atoms with Gasteiger partial charge in [-0.1, -0.05) is 29.5 Å². The summed E-state index contributed by atoms with van der Waals surface area (Å²) in [4.78, 5) is 28.5. The van der Waals surface area contributed by atoms with Crippen LogP contribution in [0.5, 0.6) is 5.75 Å². The standard InChI is InChI=1S/C18H11BrN2O4S/c19-11-7-10(5-6-14(11)25-9-16(22)23)8-15-17(24)21-13-4-2-1-3-12(13)20-18(21)26-15/h1-8H,9H2,(H,22,23)/b15-8-. The van der Waals surface area contributed by atoms with Gasteiger partial charge in [-0.05, 0) is 51.8 Å². The number of nitrogens with zero attached hydrogens (tertiary/aromatic N) is 2. The van der Waals surface area contributed by atoms with Gasteiger partial charge >= 0.3 is 5.97 Å². The van der Waals surface area contributed by atoms with E-state index in [1.165, 1.54) is 11.3 Å². The van der Waals surface area contributed by atoms with Crippen LogP contribution in [0.25, 0.3) is 22.1 Å². The molecule has 26 heavy (non-hydrogen) atoms.